The topological polar surface area (TPSA) is 271 Å². The molecule has 0 bridgehead atoms. The number of carboxylic acids is 4. The molecule has 0 unspecified atom stereocenters. The van der Waals surface area contributed by atoms with E-state index < -0.39 is 29.9 Å². The number of hydrogen-bond acceptors (Lipinski definition) is 22. The van der Waals surface area contributed by atoms with Gasteiger partial charge >= 0.3 is 23.9 Å². The Morgan fingerprint density at radius 1 is 0.342 bits per heavy atom. The summed E-state index contributed by atoms with van der Waals surface area (Å²) in [6, 6.07) is 61.7. The van der Waals surface area contributed by atoms with E-state index >= 15 is 0 Å². The fourth-order valence-corrected chi connectivity index (χ4v) is 28.3. The highest BCUT2D eigenvalue weighted by Crippen LogP contribution is 2.45. The first-order valence-electron chi connectivity index (χ1n) is 57.6. The van der Waals surface area contributed by atoms with Gasteiger partial charge in [0.1, 0.15) is 41.8 Å². The Kier molecular flexibility index (Phi) is 40.7. The van der Waals surface area contributed by atoms with Crippen LogP contribution in [0.3, 0.4) is 0 Å². The fraction of sp³-hybridized carbons (Fsp3) is 0.593. The number of likely N-dealkylation sites (tertiary alicyclic amines) is 8. The molecule has 802 valence electrons. The molecule has 0 amide bonds. The molecular formula is C123H171N17O9. The van der Waals surface area contributed by atoms with Gasteiger partial charge in [-0.2, -0.15) is 0 Å². The number of rotatable bonds is 37. The highest BCUT2D eigenvalue weighted by molar-refractivity contribution is 5.84. The predicted molar refractivity (Wildman–Crippen MR) is 594 cm³/mol. The summed E-state index contributed by atoms with van der Waals surface area (Å²) in [5.41, 5.74) is 5.40. The molecule has 4 N–H and O–H groups in total. The van der Waals surface area contributed by atoms with E-state index in [9.17, 15) is 39.6 Å². The zero-order valence-corrected chi connectivity index (χ0v) is 89.7. The minimum Gasteiger partial charge on any atom is -0.490 e. The van der Waals surface area contributed by atoms with Gasteiger partial charge in [0.2, 0.25) is 11.9 Å². The van der Waals surface area contributed by atoms with E-state index in [-0.39, 0.29) is 47.9 Å². The molecule has 9 aromatic rings. The van der Waals surface area contributed by atoms with E-state index in [4.69, 9.17) is 4.74 Å². The molecule has 20 rings (SSSR count). The lowest BCUT2D eigenvalue weighted by Gasteiger charge is -2.40. The minimum absolute atomic E-state index is 0.0863. The van der Waals surface area contributed by atoms with Crippen LogP contribution in [0.5, 0.6) is 5.75 Å². The van der Waals surface area contributed by atoms with Crippen molar-refractivity contribution in [2.45, 2.75) is 267 Å². The van der Waals surface area contributed by atoms with Gasteiger partial charge in [-0.15, -0.1) is 0 Å². The molecule has 8 aliphatic heterocycles. The van der Waals surface area contributed by atoms with Crippen molar-refractivity contribution in [1.29, 1.82) is 0 Å². The molecule has 0 spiro atoms. The molecule has 26 nitrogen and oxygen atoms in total. The number of piperidine rings is 4. The second kappa shape index (κ2) is 55.2. The molecule has 11 heterocycles. The van der Waals surface area contributed by atoms with Crippen molar-refractivity contribution in [3.63, 3.8) is 0 Å². The summed E-state index contributed by atoms with van der Waals surface area (Å²) < 4.78 is 6.41. The number of nitrogens with zero attached hydrogens (tertiary/aromatic N) is 17. The van der Waals surface area contributed by atoms with Gasteiger partial charge in [-0.1, -0.05) is 237 Å². The molecule has 12 atom stereocenters. The van der Waals surface area contributed by atoms with Gasteiger partial charge in [0.05, 0.1) is 6.20 Å². The van der Waals surface area contributed by atoms with Crippen LogP contribution in [0.15, 0.2) is 219 Å². The average Bonchev–Trinajstić information content (AvgIpc) is 1.67. The maximum atomic E-state index is 12.5. The lowest BCUT2D eigenvalue weighted by Crippen LogP contribution is -2.48. The number of aromatic nitrogens is 6. The van der Waals surface area contributed by atoms with Crippen LogP contribution in [-0.2, 0) is 19.2 Å². The predicted octanol–water partition coefficient (Wildman–Crippen LogP) is 19.8. The van der Waals surface area contributed by atoms with Gasteiger partial charge in [-0.3, -0.25) is 43.8 Å². The molecule has 8 saturated heterocycles. The average molecular weight is 2030 g/mol. The highest BCUT2D eigenvalue weighted by Gasteiger charge is 2.49. The molecular weight excluding hydrogens is 1860 g/mol. The molecule has 3 aromatic heterocycles. The number of anilines is 3. The Balaban J connectivity index is 0.000000135. The molecule has 3 saturated carbocycles. The number of fused-ring (bicyclic) bond motifs is 1. The summed E-state index contributed by atoms with van der Waals surface area (Å²) in [7, 11) is 0. The van der Waals surface area contributed by atoms with Crippen molar-refractivity contribution >= 4 is 52.4 Å². The van der Waals surface area contributed by atoms with E-state index in [1.165, 1.54) is 90.8 Å². The standard InChI is InChI=1S/C34H42N2O3.C31H45N5O2.C30H43N5O2.C28H41N5O2/c37-34(38)33(27-12-5-2-6-13-27)36-23-29(32(24-36)26-10-3-1-4-11-26)22-35-19-17-30(18-20-35)39-31-16-15-25-9-7-8-14-28(25)21-31;1-2-17-36(29-20-32-15-16-33-29)27-13-18-34(19-14-27)21-26-22-35(23-28(26)24-9-5-3-6-10-24)30(31(37)38)25-11-7-4-8-12-25;1-2-35(30-31-16-9-17-32-30)26-14-18-33(19-15-26)20-25-21-34(22-27(25)23-10-5-3-6-11-23)28(29(36)37)24-12-7-4-8-13-24;1-4-15-33(28-29-13-8-14-30-28)24-11-16-31(17-12-24)18-23-19-32(26(21(2)3)27(34)35)20-25(23)22-9-6-5-7-10-22/h1,3-4,7-11,14-16,21,27,29-30,32-33H,2,5-6,12-13,17-20,22-24H2,(H,37,38);3,5-6,9-10,15-16,20,25-28,30H,2,4,7-8,11-14,17-19,21-23H2,1H3,(H,37,38);3,5-6,9-11,16-17,24-28H,2,4,7-8,12-15,18-22H2,1H3,(H,36,37);5-10,13-14,21,23-26H,4,11-12,15-20H2,1-3H3,(H,34,35)/t29-,32+,33+;26-,28+,30+;25-,27+,28+;23-,25+,26+/m0000/s1. The second-order valence-electron chi connectivity index (χ2n) is 45.6. The fourth-order valence-electron chi connectivity index (χ4n) is 28.3. The van der Waals surface area contributed by atoms with Crippen LogP contribution in [0.4, 0.5) is 17.7 Å². The third-order valence-corrected chi connectivity index (χ3v) is 35.5. The monoisotopic (exact) mass is 2030 g/mol. The highest BCUT2D eigenvalue weighted by atomic mass is 16.5. The van der Waals surface area contributed by atoms with Crippen molar-refractivity contribution in [2.24, 2.45) is 47.3 Å². The third-order valence-electron chi connectivity index (χ3n) is 35.5. The van der Waals surface area contributed by atoms with E-state index in [0.717, 1.165) is 277 Å². The van der Waals surface area contributed by atoms with Crippen LogP contribution in [0.1, 0.15) is 241 Å². The molecule has 149 heavy (non-hydrogen) atoms. The summed E-state index contributed by atoms with van der Waals surface area (Å²) in [5.74, 6) is 5.30. The number of carboxylic acid groups (broad SMARTS) is 4. The van der Waals surface area contributed by atoms with Crippen LogP contribution in [-0.4, -0.2) is 312 Å². The van der Waals surface area contributed by atoms with Crippen LogP contribution in [0.2, 0.25) is 0 Å². The van der Waals surface area contributed by atoms with E-state index in [1.54, 1.807) is 12.4 Å². The smallest absolute Gasteiger partial charge is 0.321 e. The van der Waals surface area contributed by atoms with Crippen molar-refractivity contribution < 1.29 is 44.3 Å². The summed E-state index contributed by atoms with van der Waals surface area (Å²) in [5, 5.41) is 43.3. The van der Waals surface area contributed by atoms with Crippen LogP contribution in [0, 0.1) is 47.3 Å². The largest absolute Gasteiger partial charge is 0.490 e. The molecule has 6 aromatic carbocycles. The molecule has 11 aliphatic rings. The zero-order chi connectivity index (χ0) is 103. The maximum Gasteiger partial charge on any atom is 0.321 e. The van der Waals surface area contributed by atoms with Crippen LogP contribution >= 0.6 is 0 Å². The lowest BCUT2D eigenvalue weighted by atomic mass is 9.83. The first kappa shape index (κ1) is 110. The first-order chi connectivity index (χ1) is 72.9. The number of aliphatic carboxylic acids is 4. The SMILES string of the molecule is CCCN(c1cnccn1)C1CCN(C[C@H]2CN([C@@H](C(=O)O)C3CCCCC3)C[C@@H]2c2ccccc2)CC1.CCCN(c1ncccn1)C1CCN(C[C@H]2CN([C@@H](C(=O)O)C(C)C)C[C@@H]2c2ccccc2)CC1.CCN(c1ncccn1)C1CCN(C[C@H]2CN([C@@H](C(=O)O)C3CCCCC3)C[C@@H]2c2ccccc2)CC1.O=C(O)[C@@H](C1CCCCC1)N1C[C@H](CN2CCC(Oc3ccc4ccccc4c3)CC2)[C@@H](c2ccccc2)C1. The van der Waals surface area contributed by atoms with Crippen molar-refractivity contribution in [3.8, 4) is 5.75 Å². The van der Waals surface area contributed by atoms with Gasteiger partial charge in [0.25, 0.3) is 0 Å². The van der Waals surface area contributed by atoms with Crippen molar-refractivity contribution in [3.05, 3.63) is 242 Å². The summed E-state index contributed by atoms with van der Waals surface area (Å²) in [6.07, 6.45) is 41.0. The van der Waals surface area contributed by atoms with Gasteiger partial charge in [0.15, 0.2) is 0 Å². The van der Waals surface area contributed by atoms with Crippen LogP contribution < -0.4 is 19.4 Å². The van der Waals surface area contributed by atoms with E-state index in [1.807, 2.05) is 57.0 Å². The Labute approximate surface area is 887 Å². The summed E-state index contributed by atoms with van der Waals surface area (Å²) in [6.45, 7) is 33.0. The number of ether oxygens (including phenoxy) is 1. The normalized spacial score (nSPS) is 24.4. The number of hydrogen-bond donors (Lipinski definition) is 4. The minimum atomic E-state index is -0.701. The van der Waals surface area contributed by atoms with Gasteiger partial charge in [-0.05, 0) is 214 Å². The Hall–Kier alpha value is -10.4. The van der Waals surface area contributed by atoms with Gasteiger partial charge in [0, 0.05) is 230 Å². The Morgan fingerprint density at radius 2 is 0.678 bits per heavy atom. The van der Waals surface area contributed by atoms with Crippen molar-refractivity contribution in [1.82, 2.24) is 69.1 Å². The Morgan fingerprint density at radius 3 is 1.03 bits per heavy atom. The Bertz CT molecular complexity index is 5460. The quantitative estimate of drug-likeness (QED) is 0.0282. The second-order valence-corrected chi connectivity index (χ2v) is 45.6. The zero-order valence-electron chi connectivity index (χ0n) is 89.7. The van der Waals surface area contributed by atoms with Gasteiger partial charge in [-0.25, -0.2) is 24.9 Å². The van der Waals surface area contributed by atoms with Gasteiger partial charge < -0.3 is 59.5 Å². The number of carbonyl (C=O) groups is 4. The first-order valence-corrected chi connectivity index (χ1v) is 57.6. The summed E-state index contributed by atoms with van der Waals surface area (Å²) >= 11 is 0. The third kappa shape index (κ3) is 29.3. The molecule has 11 fully saturated rings. The number of benzene rings is 6. The molecule has 26 heteroatoms. The van der Waals surface area contributed by atoms with Crippen molar-refractivity contribution in [2.75, 3.05) is 165 Å². The molecule has 0 radical (unpaired) electrons. The van der Waals surface area contributed by atoms with Crippen LogP contribution in [0.25, 0.3) is 10.8 Å². The van der Waals surface area contributed by atoms with E-state index in [2.05, 4.69) is 268 Å². The maximum absolute atomic E-state index is 12.5. The molecule has 3 aliphatic carbocycles. The van der Waals surface area contributed by atoms with E-state index in [0.29, 0.717) is 65.5 Å². The summed E-state index contributed by atoms with van der Waals surface area (Å²) in [4.78, 5) is 103. The lowest BCUT2D eigenvalue weighted by molar-refractivity contribution is -0.146.